The predicted octanol–water partition coefficient (Wildman–Crippen LogP) is 2.03. The van der Waals surface area contributed by atoms with Crippen LogP contribution >= 0.6 is 0 Å². The van der Waals surface area contributed by atoms with E-state index < -0.39 is 6.10 Å². The summed E-state index contributed by atoms with van der Waals surface area (Å²) in [6.45, 7) is 5.65. The SMILES string of the molecule is CC[C@@H](O)c1ccccc1OCC(=O)NC(C)C. The highest BCUT2D eigenvalue weighted by Gasteiger charge is 2.12. The first-order valence-electron chi connectivity index (χ1n) is 6.23. The molecule has 1 aromatic carbocycles. The standard InChI is InChI=1S/C14H21NO3/c1-4-12(16)11-7-5-6-8-13(11)18-9-14(17)15-10(2)3/h5-8,10,12,16H,4,9H2,1-3H3,(H,15,17)/t12-/m1/s1. The van der Waals surface area contributed by atoms with E-state index in [9.17, 15) is 9.90 Å². The molecule has 0 fully saturated rings. The molecule has 1 aromatic rings. The average molecular weight is 251 g/mol. The number of carbonyl (C=O) groups is 1. The number of rotatable bonds is 6. The van der Waals surface area contributed by atoms with Gasteiger partial charge in [-0.3, -0.25) is 4.79 Å². The number of ether oxygens (including phenoxy) is 1. The fourth-order valence-electron chi connectivity index (χ4n) is 1.61. The molecule has 0 bridgehead atoms. The molecule has 1 atom stereocenters. The second-order valence-corrected chi connectivity index (χ2v) is 4.47. The Kier molecular flexibility index (Phi) is 5.65. The topological polar surface area (TPSA) is 58.6 Å². The molecule has 0 unspecified atom stereocenters. The minimum absolute atomic E-state index is 0.0361. The summed E-state index contributed by atoms with van der Waals surface area (Å²) >= 11 is 0. The first-order valence-corrected chi connectivity index (χ1v) is 6.23. The molecule has 0 aromatic heterocycles. The van der Waals surface area contributed by atoms with Crippen LogP contribution in [-0.2, 0) is 4.79 Å². The summed E-state index contributed by atoms with van der Waals surface area (Å²) < 4.78 is 5.45. The summed E-state index contributed by atoms with van der Waals surface area (Å²) in [5.74, 6) is 0.400. The van der Waals surface area contributed by atoms with Crippen LogP contribution in [0.2, 0.25) is 0 Å². The van der Waals surface area contributed by atoms with Gasteiger partial charge in [0.05, 0.1) is 6.10 Å². The van der Waals surface area contributed by atoms with E-state index >= 15 is 0 Å². The third-order valence-electron chi connectivity index (χ3n) is 2.47. The van der Waals surface area contributed by atoms with Crippen molar-refractivity contribution in [2.75, 3.05) is 6.61 Å². The first kappa shape index (κ1) is 14.5. The van der Waals surface area contributed by atoms with E-state index in [2.05, 4.69) is 5.32 Å². The summed E-state index contributed by atoms with van der Waals surface area (Å²) in [4.78, 5) is 11.5. The Hall–Kier alpha value is -1.55. The Morgan fingerprint density at radius 3 is 2.67 bits per heavy atom. The van der Waals surface area contributed by atoms with Gasteiger partial charge in [-0.2, -0.15) is 0 Å². The number of aliphatic hydroxyl groups excluding tert-OH is 1. The minimum Gasteiger partial charge on any atom is -0.483 e. The van der Waals surface area contributed by atoms with E-state index in [4.69, 9.17) is 4.74 Å². The zero-order valence-electron chi connectivity index (χ0n) is 11.1. The Bertz CT molecular complexity index is 390. The van der Waals surface area contributed by atoms with Crippen molar-refractivity contribution in [1.82, 2.24) is 5.32 Å². The molecule has 2 N–H and O–H groups in total. The fraction of sp³-hybridized carbons (Fsp3) is 0.500. The zero-order chi connectivity index (χ0) is 13.5. The van der Waals surface area contributed by atoms with Gasteiger partial charge in [-0.15, -0.1) is 0 Å². The number of nitrogens with one attached hydrogen (secondary N) is 1. The van der Waals surface area contributed by atoms with Gasteiger partial charge in [0.15, 0.2) is 6.61 Å². The van der Waals surface area contributed by atoms with E-state index in [-0.39, 0.29) is 18.6 Å². The Balaban J connectivity index is 2.64. The maximum Gasteiger partial charge on any atom is 0.258 e. The van der Waals surface area contributed by atoms with Crippen LogP contribution in [0.4, 0.5) is 0 Å². The summed E-state index contributed by atoms with van der Waals surface area (Å²) in [5.41, 5.74) is 0.720. The fourth-order valence-corrected chi connectivity index (χ4v) is 1.61. The lowest BCUT2D eigenvalue weighted by molar-refractivity contribution is -0.123. The van der Waals surface area contributed by atoms with Gasteiger partial charge >= 0.3 is 0 Å². The van der Waals surface area contributed by atoms with Gasteiger partial charge in [0.1, 0.15) is 5.75 Å². The number of hydrogen-bond acceptors (Lipinski definition) is 3. The molecule has 0 spiro atoms. The van der Waals surface area contributed by atoms with Crippen LogP contribution < -0.4 is 10.1 Å². The molecular formula is C14H21NO3. The quantitative estimate of drug-likeness (QED) is 0.813. The van der Waals surface area contributed by atoms with Crippen LogP contribution in [0.15, 0.2) is 24.3 Å². The van der Waals surface area contributed by atoms with E-state index in [1.807, 2.05) is 39.0 Å². The van der Waals surface area contributed by atoms with Crippen molar-refractivity contribution in [1.29, 1.82) is 0 Å². The molecule has 0 radical (unpaired) electrons. The highest BCUT2D eigenvalue weighted by atomic mass is 16.5. The van der Waals surface area contributed by atoms with Gasteiger partial charge in [0.25, 0.3) is 5.91 Å². The Morgan fingerprint density at radius 2 is 2.06 bits per heavy atom. The summed E-state index contributed by atoms with van der Waals surface area (Å²) in [7, 11) is 0. The van der Waals surface area contributed by atoms with Crippen molar-refractivity contribution in [3.8, 4) is 5.75 Å². The van der Waals surface area contributed by atoms with E-state index in [1.165, 1.54) is 0 Å². The van der Waals surface area contributed by atoms with Crippen LogP contribution in [0.1, 0.15) is 38.9 Å². The molecule has 0 aliphatic heterocycles. The van der Waals surface area contributed by atoms with E-state index in [0.717, 1.165) is 5.56 Å². The van der Waals surface area contributed by atoms with E-state index in [1.54, 1.807) is 6.07 Å². The van der Waals surface area contributed by atoms with Crippen molar-refractivity contribution in [2.24, 2.45) is 0 Å². The molecule has 0 aliphatic rings. The van der Waals surface area contributed by atoms with Crippen molar-refractivity contribution >= 4 is 5.91 Å². The smallest absolute Gasteiger partial charge is 0.258 e. The van der Waals surface area contributed by atoms with Gasteiger partial charge in [-0.25, -0.2) is 0 Å². The Morgan fingerprint density at radius 1 is 1.39 bits per heavy atom. The van der Waals surface area contributed by atoms with Crippen LogP contribution in [0.5, 0.6) is 5.75 Å². The molecule has 18 heavy (non-hydrogen) atoms. The van der Waals surface area contributed by atoms with Crippen LogP contribution in [0.3, 0.4) is 0 Å². The number of benzene rings is 1. The summed E-state index contributed by atoms with van der Waals surface area (Å²) in [6, 6.07) is 7.33. The summed E-state index contributed by atoms with van der Waals surface area (Å²) in [5, 5.41) is 12.6. The van der Waals surface area contributed by atoms with Gasteiger partial charge in [-0.05, 0) is 26.3 Å². The van der Waals surface area contributed by atoms with Crippen LogP contribution in [0, 0.1) is 0 Å². The largest absolute Gasteiger partial charge is 0.483 e. The summed E-state index contributed by atoms with van der Waals surface area (Å²) in [6.07, 6.45) is 0.0489. The number of amides is 1. The minimum atomic E-state index is -0.561. The number of hydrogen-bond donors (Lipinski definition) is 2. The number of aliphatic hydroxyl groups is 1. The van der Waals surface area contributed by atoms with Gasteiger partial charge in [0, 0.05) is 11.6 Å². The predicted molar refractivity (Wildman–Crippen MR) is 70.5 cm³/mol. The van der Waals surface area contributed by atoms with Crippen molar-refractivity contribution in [3.63, 3.8) is 0 Å². The molecule has 0 saturated heterocycles. The molecular weight excluding hydrogens is 230 g/mol. The van der Waals surface area contributed by atoms with Gasteiger partial charge < -0.3 is 15.2 Å². The second kappa shape index (κ2) is 7.01. The molecule has 100 valence electrons. The zero-order valence-corrected chi connectivity index (χ0v) is 11.1. The van der Waals surface area contributed by atoms with Crippen molar-refractivity contribution < 1.29 is 14.6 Å². The molecule has 1 amide bonds. The maximum absolute atomic E-state index is 11.5. The van der Waals surface area contributed by atoms with Crippen molar-refractivity contribution in [3.05, 3.63) is 29.8 Å². The monoisotopic (exact) mass is 251 g/mol. The van der Waals surface area contributed by atoms with E-state index in [0.29, 0.717) is 12.2 Å². The second-order valence-electron chi connectivity index (χ2n) is 4.47. The Labute approximate surface area is 108 Å². The molecule has 4 heteroatoms. The number of carbonyl (C=O) groups excluding carboxylic acids is 1. The molecule has 1 rings (SSSR count). The lowest BCUT2D eigenvalue weighted by atomic mass is 10.1. The molecule has 4 nitrogen and oxygen atoms in total. The third kappa shape index (κ3) is 4.37. The third-order valence-corrected chi connectivity index (χ3v) is 2.47. The first-order chi connectivity index (χ1) is 8.54. The highest BCUT2D eigenvalue weighted by molar-refractivity contribution is 5.77. The average Bonchev–Trinajstić information content (AvgIpc) is 2.35. The lowest BCUT2D eigenvalue weighted by Gasteiger charge is -2.15. The maximum atomic E-state index is 11.5. The van der Waals surface area contributed by atoms with Crippen molar-refractivity contribution in [2.45, 2.75) is 39.3 Å². The van der Waals surface area contributed by atoms with Crippen LogP contribution in [0.25, 0.3) is 0 Å². The molecule has 0 aliphatic carbocycles. The lowest BCUT2D eigenvalue weighted by Crippen LogP contribution is -2.34. The molecule has 0 saturated carbocycles. The number of para-hydroxylation sites is 1. The van der Waals surface area contributed by atoms with Gasteiger partial charge in [-0.1, -0.05) is 25.1 Å². The normalized spacial score (nSPS) is 12.3. The van der Waals surface area contributed by atoms with Crippen LogP contribution in [-0.4, -0.2) is 23.7 Å². The highest BCUT2D eigenvalue weighted by Crippen LogP contribution is 2.26. The molecule has 0 heterocycles. The van der Waals surface area contributed by atoms with Gasteiger partial charge in [0.2, 0.25) is 0 Å².